The first-order valence-corrected chi connectivity index (χ1v) is 6.30. The molecule has 0 atom stereocenters. The highest BCUT2D eigenvalue weighted by Gasteiger charge is 2.33. The molecule has 1 heterocycles. The van der Waals surface area contributed by atoms with Crippen LogP contribution in [0.1, 0.15) is 5.69 Å². The second kappa shape index (κ2) is 5.24. The third-order valence-electron chi connectivity index (χ3n) is 2.37. The van der Waals surface area contributed by atoms with E-state index in [0.717, 1.165) is 15.8 Å². The van der Waals surface area contributed by atoms with Crippen molar-refractivity contribution in [3.05, 3.63) is 45.8 Å². The van der Waals surface area contributed by atoms with Crippen LogP contribution in [0.25, 0.3) is 0 Å². The van der Waals surface area contributed by atoms with Gasteiger partial charge in [0.05, 0.1) is 23.3 Å². The molecular weight excluding hydrogens is 370 g/mol. The Bertz CT molecular complexity index is 599. The van der Waals surface area contributed by atoms with Crippen LogP contribution in [0.4, 0.5) is 30.2 Å². The molecule has 0 spiro atoms. The van der Waals surface area contributed by atoms with E-state index in [1.54, 1.807) is 12.1 Å². The molecule has 7 heteroatoms. The van der Waals surface area contributed by atoms with Gasteiger partial charge in [0.2, 0.25) is 0 Å². The highest BCUT2D eigenvalue weighted by molar-refractivity contribution is 14.1. The van der Waals surface area contributed by atoms with Gasteiger partial charge in [-0.3, -0.25) is 0 Å². The number of nitrogen functional groups attached to an aromatic ring is 1. The minimum Gasteiger partial charge on any atom is -0.396 e. The maximum Gasteiger partial charge on any atom is 0.433 e. The number of rotatable bonds is 2. The van der Waals surface area contributed by atoms with Crippen molar-refractivity contribution >= 4 is 39.7 Å². The van der Waals surface area contributed by atoms with Crippen LogP contribution >= 0.6 is 22.6 Å². The van der Waals surface area contributed by atoms with Crippen molar-refractivity contribution in [2.75, 3.05) is 11.1 Å². The van der Waals surface area contributed by atoms with Crippen molar-refractivity contribution in [3.8, 4) is 0 Å². The zero-order chi connectivity index (χ0) is 14.0. The van der Waals surface area contributed by atoms with Gasteiger partial charge in [0.1, 0.15) is 5.69 Å². The van der Waals surface area contributed by atoms with Crippen molar-refractivity contribution in [3.63, 3.8) is 0 Å². The van der Waals surface area contributed by atoms with Crippen LogP contribution in [0.3, 0.4) is 0 Å². The summed E-state index contributed by atoms with van der Waals surface area (Å²) in [6, 6.07) is 8.12. The Labute approximate surface area is 121 Å². The van der Waals surface area contributed by atoms with Crippen molar-refractivity contribution < 1.29 is 13.2 Å². The van der Waals surface area contributed by atoms with Crippen LogP contribution in [-0.4, -0.2) is 4.98 Å². The van der Waals surface area contributed by atoms with E-state index >= 15 is 0 Å². The molecule has 100 valence electrons. The quantitative estimate of drug-likeness (QED) is 0.775. The Morgan fingerprint density at radius 2 is 1.84 bits per heavy atom. The summed E-state index contributed by atoms with van der Waals surface area (Å²) in [5.41, 5.74) is 5.69. The Morgan fingerprint density at radius 3 is 2.47 bits per heavy atom. The molecule has 0 fully saturated rings. The van der Waals surface area contributed by atoms with Crippen LogP contribution in [0.2, 0.25) is 0 Å². The Hall–Kier alpha value is -1.51. The minimum absolute atomic E-state index is 0.160. The fraction of sp³-hybridized carbons (Fsp3) is 0.0833. The summed E-state index contributed by atoms with van der Waals surface area (Å²) in [5, 5.41) is 2.88. The maximum atomic E-state index is 12.6. The van der Waals surface area contributed by atoms with Gasteiger partial charge in [-0.2, -0.15) is 13.2 Å². The number of para-hydroxylation sites is 1. The van der Waals surface area contributed by atoms with Gasteiger partial charge in [0.25, 0.3) is 0 Å². The smallest absolute Gasteiger partial charge is 0.396 e. The number of aromatic nitrogens is 1. The van der Waals surface area contributed by atoms with E-state index < -0.39 is 11.9 Å². The number of alkyl halides is 3. The third-order valence-corrected chi connectivity index (χ3v) is 3.31. The topological polar surface area (TPSA) is 50.9 Å². The highest BCUT2D eigenvalue weighted by atomic mass is 127. The van der Waals surface area contributed by atoms with Gasteiger partial charge in [0.15, 0.2) is 0 Å². The SMILES string of the molecule is Nc1cnc(C(F)(F)F)cc1Nc1ccccc1I. The molecule has 3 nitrogen and oxygen atoms in total. The number of hydrogen-bond acceptors (Lipinski definition) is 3. The summed E-state index contributed by atoms with van der Waals surface area (Å²) in [4.78, 5) is 3.28. The lowest BCUT2D eigenvalue weighted by molar-refractivity contribution is -0.141. The number of anilines is 3. The van der Waals surface area contributed by atoms with Gasteiger partial charge < -0.3 is 11.1 Å². The maximum absolute atomic E-state index is 12.6. The summed E-state index contributed by atoms with van der Waals surface area (Å²) < 4.78 is 38.6. The normalized spacial score (nSPS) is 11.4. The van der Waals surface area contributed by atoms with E-state index in [-0.39, 0.29) is 11.4 Å². The summed E-state index contributed by atoms with van der Waals surface area (Å²) in [5.74, 6) is 0. The average Bonchev–Trinajstić information content (AvgIpc) is 2.33. The molecule has 1 aromatic heterocycles. The van der Waals surface area contributed by atoms with Crippen LogP contribution in [0, 0.1) is 3.57 Å². The zero-order valence-corrected chi connectivity index (χ0v) is 11.7. The molecule has 0 aliphatic heterocycles. The molecule has 0 unspecified atom stereocenters. The molecule has 0 bridgehead atoms. The lowest BCUT2D eigenvalue weighted by Gasteiger charge is -2.13. The van der Waals surface area contributed by atoms with Gasteiger partial charge in [-0.05, 0) is 40.8 Å². The van der Waals surface area contributed by atoms with Crippen molar-refractivity contribution in [2.45, 2.75) is 6.18 Å². The summed E-state index contributed by atoms with van der Waals surface area (Å²) in [7, 11) is 0. The predicted octanol–water partition coefficient (Wildman–Crippen LogP) is 4.03. The molecule has 0 saturated heterocycles. The predicted molar refractivity (Wildman–Crippen MR) is 76.1 cm³/mol. The second-order valence-corrected chi connectivity index (χ2v) is 4.92. The molecule has 19 heavy (non-hydrogen) atoms. The number of halogens is 4. The fourth-order valence-electron chi connectivity index (χ4n) is 1.44. The largest absolute Gasteiger partial charge is 0.433 e. The lowest BCUT2D eigenvalue weighted by atomic mass is 10.2. The monoisotopic (exact) mass is 379 g/mol. The molecule has 0 aliphatic carbocycles. The van der Waals surface area contributed by atoms with Crippen molar-refractivity contribution in [2.24, 2.45) is 0 Å². The first-order chi connectivity index (χ1) is 8.88. The third kappa shape index (κ3) is 3.28. The zero-order valence-electron chi connectivity index (χ0n) is 9.50. The molecular formula is C12H9F3IN3. The molecule has 2 aromatic rings. The van der Waals surface area contributed by atoms with Gasteiger partial charge in [0, 0.05) is 3.57 Å². The number of hydrogen-bond donors (Lipinski definition) is 2. The lowest BCUT2D eigenvalue weighted by Crippen LogP contribution is -2.09. The first-order valence-electron chi connectivity index (χ1n) is 5.22. The number of nitrogens with zero attached hydrogens (tertiary/aromatic N) is 1. The molecule has 0 saturated carbocycles. The number of benzene rings is 1. The van der Waals surface area contributed by atoms with Gasteiger partial charge >= 0.3 is 6.18 Å². The van der Waals surface area contributed by atoms with E-state index in [1.165, 1.54) is 0 Å². The summed E-state index contributed by atoms with van der Waals surface area (Å²) >= 11 is 2.08. The Balaban J connectivity index is 2.38. The van der Waals surface area contributed by atoms with Crippen LogP contribution in [0.5, 0.6) is 0 Å². The van der Waals surface area contributed by atoms with Gasteiger partial charge in [-0.1, -0.05) is 12.1 Å². The van der Waals surface area contributed by atoms with Crippen LogP contribution in [-0.2, 0) is 6.18 Å². The highest BCUT2D eigenvalue weighted by Crippen LogP contribution is 2.33. The van der Waals surface area contributed by atoms with E-state index in [4.69, 9.17) is 5.73 Å². The Morgan fingerprint density at radius 1 is 1.16 bits per heavy atom. The molecule has 0 radical (unpaired) electrons. The van der Waals surface area contributed by atoms with E-state index in [9.17, 15) is 13.2 Å². The molecule has 0 aliphatic rings. The Kier molecular flexibility index (Phi) is 3.83. The molecule has 2 rings (SSSR count). The minimum atomic E-state index is -4.49. The summed E-state index contributed by atoms with van der Waals surface area (Å²) in [6.07, 6.45) is -3.49. The number of pyridine rings is 1. The van der Waals surface area contributed by atoms with Crippen molar-refractivity contribution in [1.29, 1.82) is 0 Å². The fourth-order valence-corrected chi connectivity index (χ4v) is 1.96. The van der Waals surface area contributed by atoms with E-state index in [0.29, 0.717) is 5.69 Å². The van der Waals surface area contributed by atoms with E-state index in [2.05, 4.69) is 32.9 Å². The molecule has 0 amide bonds. The van der Waals surface area contributed by atoms with E-state index in [1.807, 2.05) is 12.1 Å². The molecule has 1 aromatic carbocycles. The van der Waals surface area contributed by atoms with Gasteiger partial charge in [-0.15, -0.1) is 0 Å². The average molecular weight is 379 g/mol. The second-order valence-electron chi connectivity index (χ2n) is 3.76. The summed E-state index contributed by atoms with van der Waals surface area (Å²) in [6.45, 7) is 0. The number of nitrogens with one attached hydrogen (secondary N) is 1. The van der Waals surface area contributed by atoms with Gasteiger partial charge in [-0.25, -0.2) is 4.98 Å². The van der Waals surface area contributed by atoms with Crippen LogP contribution < -0.4 is 11.1 Å². The standard InChI is InChI=1S/C12H9F3IN3/c13-12(14,15)11-5-10(8(17)6-18-11)19-9-4-2-1-3-7(9)16/h1-6H,17H2,(H,18,19). The van der Waals surface area contributed by atoms with Crippen LogP contribution in [0.15, 0.2) is 36.5 Å². The molecule has 3 N–H and O–H groups in total. The first kappa shape index (κ1) is 13.9. The van der Waals surface area contributed by atoms with Crippen molar-refractivity contribution in [1.82, 2.24) is 4.98 Å². The number of nitrogens with two attached hydrogens (primary N) is 1.